The molecule has 0 aromatic carbocycles. The molecule has 0 rings (SSSR count). The lowest BCUT2D eigenvalue weighted by Gasteiger charge is -2.03. The van der Waals surface area contributed by atoms with Crippen LogP contribution in [0.5, 0.6) is 0 Å². The van der Waals surface area contributed by atoms with Crippen molar-refractivity contribution >= 4 is 31.7 Å². The van der Waals surface area contributed by atoms with Crippen LogP contribution in [-0.2, 0) is 14.6 Å². The van der Waals surface area contributed by atoms with Gasteiger partial charge in [0.2, 0.25) is 5.91 Å². The smallest absolute Gasteiger partial charge is 0.219 e. The Balaban J connectivity index is 3.39. The lowest BCUT2D eigenvalue weighted by molar-refractivity contribution is -0.121. The van der Waals surface area contributed by atoms with Crippen LogP contribution in [0.3, 0.4) is 0 Å². The summed E-state index contributed by atoms with van der Waals surface area (Å²) in [4.78, 5) is 11.2. The van der Waals surface area contributed by atoms with Crippen molar-refractivity contribution < 1.29 is 13.2 Å². The number of unbranched alkanes of at least 4 members (excludes halogenated alkanes) is 1. The van der Waals surface area contributed by atoms with E-state index >= 15 is 0 Å². The quantitative estimate of drug-likeness (QED) is 0.539. The predicted octanol–water partition coefficient (Wildman–Crippen LogP) is 1.10. The molecule has 0 bridgehead atoms. The number of sulfone groups is 1. The van der Waals surface area contributed by atoms with Gasteiger partial charge in [-0.05, 0) is 19.3 Å². The maximum Gasteiger partial charge on any atom is 0.219 e. The van der Waals surface area contributed by atoms with Crippen LogP contribution in [0, 0.1) is 0 Å². The number of hydrogen-bond acceptors (Lipinski definition) is 3. The van der Waals surface area contributed by atoms with Gasteiger partial charge in [0.15, 0.2) is 0 Å². The second-order valence-electron chi connectivity index (χ2n) is 3.48. The summed E-state index contributed by atoms with van der Waals surface area (Å²) in [6.45, 7) is 0.445. The summed E-state index contributed by atoms with van der Waals surface area (Å²) in [7, 11) is -2.90. The molecular formula is C9H18BrNO3S. The molecule has 0 saturated heterocycles. The molecule has 0 aromatic heterocycles. The number of hydrogen-bond donors (Lipinski definition) is 1. The number of nitrogens with one attached hydrogen (secondary N) is 1. The Morgan fingerprint density at radius 1 is 1.27 bits per heavy atom. The average molecular weight is 300 g/mol. The molecule has 0 saturated carbocycles. The number of rotatable bonds is 8. The molecule has 0 heterocycles. The van der Waals surface area contributed by atoms with Crippen molar-refractivity contribution in [3.63, 3.8) is 0 Å². The molecule has 0 aliphatic carbocycles. The van der Waals surface area contributed by atoms with Crippen LogP contribution in [0.15, 0.2) is 0 Å². The lowest BCUT2D eigenvalue weighted by Crippen LogP contribution is -2.25. The minimum Gasteiger partial charge on any atom is -0.356 e. The SMILES string of the molecule is CS(=O)(=O)CCCNC(=O)CCCCBr. The van der Waals surface area contributed by atoms with E-state index in [9.17, 15) is 13.2 Å². The Hall–Kier alpha value is -0.100. The summed E-state index contributed by atoms with van der Waals surface area (Å²) < 4.78 is 21.5. The standard InChI is InChI=1S/C9H18BrNO3S/c1-15(13,14)8-4-7-11-9(12)5-2-3-6-10/h2-8H2,1H3,(H,11,12). The predicted molar refractivity (Wildman–Crippen MR) is 65.0 cm³/mol. The second-order valence-corrected chi connectivity index (χ2v) is 6.53. The first-order chi connectivity index (χ1) is 6.95. The Kier molecular flexibility index (Phi) is 8.04. The number of carbonyl (C=O) groups excluding carboxylic acids is 1. The Morgan fingerprint density at radius 3 is 2.47 bits per heavy atom. The number of halogens is 1. The van der Waals surface area contributed by atoms with E-state index in [0.29, 0.717) is 19.4 Å². The topological polar surface area (TPSA) is 63.2 Å². The highest BCUT2D eigenvalue weighted by Crippen LogP contribution is 1.98. The van der Waals surface area contributed by atoms with Gasteiger partial charge >= 0.3 is 0 Å². The van der Waals surface area contributed by atoms with Gasteiger partial charge in [0.05, 0.1) is 5.75 Å². The van der Waals surface area contributed by atoms with Gasteiger partial charge in [-0.1, -0.05) is 15.9 Å². The van der Waals surface area contributed by atoms with Crippen LogP contribution in [0.2, 0.25) is 0 Å². The zero-order valence-corrected chi connectivity index (χ0v) is 11.4. The number of carbonyl (C=O) groups is 1. The third-order valence-corrected chi connectivity index (χ3v) is 3.39. The molecule has 0 unspecified atom stereocenters. The van der Waals surface area contributed by atoms with Crippen molar-refractivity contribution in [1.29, 1.82) is 0 Å². The van der Waals surface area contributed by atoms with Gasteiger partial charge in [0.25, 0.3) is 0 Å². The summed E-state index contributed by atoms with van der Waals surface area (Å²) in [5.74, 6) is 0.138. The van der Waals surface area contributed by atoms with Crippen LogP contribution in [0.1, 0.15) is 25.7 Å². The summed E-state index contributed by atoms with van der Waals surface area (Å²) >= 11 is 3.29. The fourth-order valence-electron chi connectivity index (χ4n) is 1.03. The van der Waals surface area contributed by atoms with Gasteiger partial charge < -0.3 is 5.32 Å². The van der Waals surface area contributed by atoms with Crippen LogP contribution >= 0.6 is 15.9 Å². The molecule has 0 aromatic rings. The van der Waals surface area contributed by atoms with E-state index < -0.39 is 9.84 Å². The van der Waals surface area contributed by atoms with Gasteiger partial charge in [-0.2, -0.15) is 0 Å². The molecule has 15 heavy (non-hydrogen) atoms. The maximum atomic E-state index is 11.2. The molecule has 1 N–H and O–H groups in total. The van der Waals surface area contributed by atoms with E-state index in [4.69, 9.17) is 0 Å². The van der Waals surface area contributed by atoms with Crippen molar-refractivity contribution in [3.8, 4) is 0 Å². The molecule has 4 nitrogen and oxygen atoms in total. The number of amides is 1. The molecule has 0 fully saturated rings. The number of alkyl halides is 1. The van der Waals surface area contributed by atoms with E-state index in [2.05, 4.69) is 21.2 Å². The highest BCUT2D eigenvalue weighted by atomic mass is 79.9. The second kappa shape index (κ2) is 8.10. The van der Waals surface area contributed by atoms with Crippen molar-refractivity contribution in [3.05, 3.63) is 0 Å². The van der Waals surface area contributed by atoms with Gasteiger partial charge in [0, 0.05) is 24.6 Å². The molecule has 90 valence electrons. The summed E-state index contributed by atoms with van der Waals surface area (Å²) in [6.07, 6.45) is 4.05. The maximum absolute atomic E-state index is 11.2. The van der Waals surface area contributed by atoms with Crippen LogP contribution < -0.4 is 5.32 Å². The summed E-state index contributed by atoms with van der Waals surface area (Å²) in [6, 6.07) is 0. The van der Waals surface area contributed by atoms with Gasteiger partial charge in [-0.3, -0.25) is 4.79 Å². The monoisotopic (exact) mass is 299 g/mol. The molecule has 0 spiro atoms. The van der Waals surface area contributed by atoms with Crippen molar-refractivity contribution in [2.75, 3.05) is 23.9 Å². The lowest BCUT2D eigenvalue weighted by atomic mass is 10.2. The normalized spacial score (nSPS) is 11.3. The highest BCUT2D eigenvalue weighted by Gasteiger charge is 2.03. The molecule has 0 aliphatic heterocycles. The van der Waals surface area contributed by atoms with E-state index in [-0.39, 0.29) is 11.7 Å². The minimum atomic E-state index is -2.90. The van der Waals surface area contributed by atoms with Crippen LogP contribution in [0.25, 0.3) is 0 Å². The van der Waals surface area contributed by atoms with Crippen LogP contribution in [0.4, 0.5) is 0 Å². The third-order valence-electron chi connectivity index (χ3n) is 1.80. The highest BCUT2D eigenvalue weighted by molar-refractivity contribution is 9.09. The molecule has 0 radical (unpaired) electrons. The van der Waals surface area contributed by atoms with E-state index in [0.717, 1.165) is 18.2 Å². The first kappa shape index (κ1) is 14.9. The van der Waals surface area contributed by atoms with E-state index in [1.54, 1.807) is 0 Å². The molecule has 0 aliphatic rings. The third kappa shape index (κ3) is 11.8. The molecule has 0 atom stereocenters. The minimum absolute atomic E-state index is 0.00412. The van der Waals surface area contributed by atoms with Crippen molar-refractivity contribution in [1.82, 2.24) is 5.32 Å². The Labute approximate surface area is 99.9 Å². The zero-order valence-electron chi connectivity index (χ0n) is 8.96. The van der Waals surface area contributed by atoms with Gasteiger partial charge in [-0.15, -0.1) is 0 Å². The first-order valence-electron chi connectivity index (χ1n) is 4.96. The van der Waals surface area contributed by atoms with E-state index in [1.807, 2.05) is 0 Å². The Morgan fingerprint density at radius 2 is 1.93 bits per heavy atom. The molecule has 1 amide bonds. The Bertz CT molecular complexity index is 277. The largest absolute Gasteiger partial charge is 0.356 e. The van der Waals surface area contributed by atoms with Crippen molar-refractivity contribution in [2.45, 2.75) is 25.7 Å². The van der Waals surface area contributed by atoms with Crippen molar-refractivity contribution in [2.24, 2.45) is 0 Å². The summed E-state index contributed by atoms with van der Waals surface area (Å²) in [5, 5.41) is 3.61. The fraction of sp³-hybridized carbons (Fsp3) is 0.889. The summed E-state index contributed by atoms with van der Waals surface area (Å²) in [5.41, 5.74) is 0. The van der Waals surface area contributed by atoms with Gasteiger partial charge in [0.1, 0.15) is 9.84 Å². The average Bonchev–Trinajstić information content (AvgIpc) is 2.11. The first-order valence-corrected chi connectivity index (χ1v) is 8.14. The van der Waals surface area contributed by atoms with E-state index in [1.165, 1.54) is 6.26 Å². The molecular weight excluding hydrogens is 282 g/mol. The fourth-order valence-corrected chi connectivity index (χ4v) is 2.10. The van der Waals surface area contributed by atoms with Gasteiger partial charge in [-0.25, -0.2) is 8.42 Å². The van der Waals surface area contributed by atoms with Crippen LogP contribution in [-0.4, -0.2) is 38.2 Å². The molecule has 6 heteroatoms. The zero-order chi connectivity index (χ0) is 11.7.